The fourth-order valence-electron chi connectivity index (χ4n) is 2.22. The molecule has 2 amide bonds. The van der Waals surface area contributed by atoms with Crippen molar-refractivity contribution in [2.24, 2.45) is 11.8 Å². The second-order valence-electron chi connectivity index (χ2n) is 4.90. The molecule has 102 valence electrons. The molecule has 1 aliphatic heterocycles. The van der Waals surface area contributed by atoms with E-state index >= 15 is 0 Å². The van der Waals surface area contributed by atoms with Crippen molar-refractivity contribution in [2.45, 2.75) is 20.0 Å². The molecule has 0 aliphatic carbocycles. The number of halogens is 1. The van der Waals surface area contributed by atoms with Gasteiger partial charge in [-0.25, -0.2) is 4.39 Å². The maximum atomic E-state index is 13.5. The van der Waals surface area contributed by atoms with Gasteiger partial charge in [0.05, 0.1) is 12.6 Å². The van der Waals surface area contributed by atoms with Crippen LogP contribution in [0.15, 0.2) is 24.3 Å². The Balaban J connectivity index is 2.16. The lowest BCUT2D eigenvalue weighted by atomic mass is 10.00. The first-order valence-corrected chi connectivity index (χ1v) is 6.21. The number of aliphatic hydroxyl groups excluding tert-OH is 1. The molecule has 0 bridgehead atoms. The number of β-amino-alcohol motifs (C(OH)–C–C–N with tert-alkyl or cyclic N) is 1. The quantitative estimate of drug-likeness (QED) is 0.843. The van der Waals surface area contributed by atoms with Crippen LogP contribution in [0.5, 0.6) is 0 Å². The topological polar surface area (TPSA) is 57.6 Å². The first-order valence-electron chi connectivity index (χ1n) is 6.21. The van der Waals surface area contributed by atoms with Crippen molar-refractivity contribution in [1.29, 1.82) is 0 Å². The zero-order valence-electron chi connectivity index (χ0n) is 10.8. The standard InChI is InChI=1S/C14H16FNO3/c1-8-9(2)14(19)16(13(8)18)7-12(17)10-5-3-4-6-11(10)15/h3-6,8-9,12,17H,7H2,1-2H3. The van der Waals surface area contributed by atoms with Crippen LogP contribution in [0.3, 0.4) is 0 Å². The summed E-state index contributed by atoms with van der Waals surface area (Å²) in [6.07, 6.45) is -1.20. The van der Waals surface area contributed by atoms with Gasteiger partial charge >= 0.3 is 0 Å². The van der Waals surface area contributed by atoms with Crippen LogP contribution in [-0.2, 0) is 9.59 Å². The third-order valence-electron chi connectivity index (χ3n) is 3.68. The van der Waals surface area contributed by atoms with Gasteiger partial charge in [0.25, 0.3) is 0 Å². The van der Waals surface area contributed by atoms with E-state index in [-0.39, 0.29) is 35.8 Å². The maximum absolute atomic E-state index is 13.5. The Morgan fingerprint density at radius 3 is 2.26 bits per heavy atom. The van der Waals surface area contributed by atoms with Crippen LogP contribution in [0, 0.1) is 17.7 Å². The Bertz CT molecular complexity index is 497. The maximum Gasteiger partial charge on any atom is 0.232 e. The van der Waals surface area contributed by atoms with E-state index in [0.717, 1.165) is 4.90 Å². The number of likely N-dealkylation sites (tertiary alicyclic amines) is 1. The minimum absolute atomic E-state index is 0.0929. The summed E-state index contributed by atoms with van der Waals surface area (Å²) >= 11 is 0. The molecule has 1 heterocycles. The van der Waals surface area contributed by atoms with E-state index in [1.165, 1.54) is 18.2 Å². The highest BCUT2D eigenvalue weighted by Crippen LogP contribution is 2.28. The van der Waals surface area contributed by atoms with Gasteiger partial charge in [0.2, 0.25) is 11.8 Å². The molecule has 0 spiro atoms. The average molecular weight is 265 g/mol. The van der Waals surface area contributed by atoms with Gasteiger partial charge < -0.3 is 5.11 Å². The molecule has 0 saturated carbocycles. The molecule has 1 fully saturated rings. The van der Waals surface area contributed by atoms with Gasteiger partial charge in [-0.15, -0.1) is 0 Å². The van der Waals surface area contributed by atoms with Gasteiger partial charge in [-0.1, -0.05) is 32.0 Å². The van der Waals surface area contributed by atoms with Crippen molar-refractivity contribution in [3.8, 4) is 0 Å². The van der Waals surface area contributed by atoms with Gasteiger partial charge in [-0.3, -0.25) is 14.5 Å². The van der Waals surface area contributed by atoms with Crippen LogP contribution in [0.2, 0.25) is 0 Å². The van der Waals surface area contributed by atoms with E-state index in [1.807, 2.05) is 0 Å². The summed E-state index contributed by atoms with van der Waals surface area (Å²) in [6.45, 7) is 3.16. The molecule has 1 aromatic carbocycles. The van der Waals surface area contributed by atoms with E-state index < -0.39 is 11.9 Å². The highest BCUT2D eigenvalue weighted by Gasteiger charge is 2.42. The molecule has 0 radical (unpaired) electrons. The van der Waals surface area contributed by atoms with Crippen LogP contribution in [0.4, 0.5) is 4.39 Å². The van der Waals surface area contributed by atoms with Gasteiger partial charge in [-0.2, -0.15) is 0 Å². The van der Waals surface area contributed by atoms with Crippen molar-refractivity contribution in [1.82, 2.24) is 4.90 Å². The predicted octanol–water partition coefficient (Wildman–Crippen LogP) is 1.50. The number of nitrogens with zero attached hydrogens (tertiary/aromatic N) is 1. The molecule has 3 atom stereocenters. The predicted molar refractivity (Wildman–Crippen MR) is 66.4 cm³/mol. The van der Waals surface area contributed by atoms with Crippen molar-refractivity contribution < 1.29 is 19.1 Å². The second kappa shape index (κ2) is 5.09. The van der Waals surface area contributed by atoms with E-state index in [1.54, 1.807) is 19.9 Å². The minimum Gasteiger partial charge on any atom is -0.386 e. The number of amides is 2. The Morgan fingerprint density at radius 1 is 1.21 bits per heavy atom. The number of hydrogen-bond donors (Lipinski definition) is 1. The summed E-state index contributed by atoms with van der Waals surface area (Å²) in [5.74, 6) is -1.95. The smallest absolute Gasteiger partial charge is 0.232 e. The monoisotopic (exact) mass is 265 g/mol. The number of hydrogen-bond acceptors (Lipinski definition) is 3. The average Bonchev–Trinajstić information content (AvgIpc) is 2.57. The lowest BCUT2D eigenvalue weighted by Crippen LogP contribution is -2.35. The summed E-state index contributed by atoms with van der Waals surface area (Å²) < 4.78 is 13.5. The SMILES string of the molecule is CC1C(=O)N(CC(O)c2ccccc2F)C(=O)C1C. The van der Waals surface area contributed by atoms with Crippen LogP contribution in [0.1, 0.15) is 25.5 Å². The van der Waals surface area contributed by atoms with Crippen molar-refractivity contribution >= 4 is 11.8 Å². The van der Waals surface area contributed by atoms with E-state index in [2.05, 4.69) is 0 Å². The molecular formula is C14H16FNO3. The first kappa shape index (κ1) is 13.7. The van der Waals surface area contributed by atoms with Crippen molar-refractivity contribution in [3.63, 3.8) is 0 Å². The molecule has 1 N–H and O–H groups in total. The molecule has 0 aromatic heterocycles. The summed E-state index contributed by atoms with van der Waals surface area (Å²) in [7, 11) is 0. The van der Waals surface area contributed by atoms with E-state index in [4.69, 9.17) is 0 Å². The molecule has 5 heteroatoms. The third-order valence-corrected chi connectivity index (χ3v) is 3.68. The molecule has 2 rings (SSSR count). The zero-order valence-corrected chi connectivity index (χ0v) is 10.8. The number of rotatable bonds is 3. The van der Waals surface area contributed by atoms with Gasteiger partial charge in [0.15, 0.2) is 0 Å². The Kier molecular flexibility index (Phi) is 3.66. The number of carbonyl (C=O) groups excluding carboxylic acids is 2. The summed E-state index contributed by atoms with van der Waals surface area (Å²) in [6, 6.07) is 5.79. The largest absolute Gasteiger partial charge is 0.386 e. The van der Waals surface area contributed by atoms with Gasteiger partial charge in [-0.05, 0) is 6.07 Å². The second-order valence-corrected chi connectivity index (χ2v) is 4.90. The minimum atomic E-state index is -1.20. The molecule has 4 nitrogen and oxygen atoms in total. The van der Waals surface area contributed by atoms with Crippen LogP contribution < -0.4 is 0 Å². The van der Waals surface area contributed by atoms with E-state index in [0.29, 0.717) is 0 Å². The molecule has 19 heavy (non-hydrogen) atoms. The van der Waals surface area contributed by atoms with Crippen LogP contribution in [0.25, 0.3) is 0 Å². The molecular weight excluding hydrogens is 249 g/mol. The van der Waals surface area contributed by atoms with Crippen LogP contribution in [-0.4, -0.2) is 28.4 Å². The highest BCUT2D eigenvalue weighted by molar-refractivity contribution is 6.04. The summed E-state index contributed by atoms with van der Waals surface area (Å²) in [5.41, 5.74) is 0.0929. The third kappa shape index (κ3) is 2.38. The Hall–Kier alpha value is -1.75. The Morgan fingerprint density at radius 2 is 1.74 bits per heavy atom. The van der Waals surface area contributed by atoms with Gasteiger partial charge in [0, 0.05) is 17.4 Å². The highest BCUT2D eigenvalue weighted by atomic mass is 19.1. The number of imide groups is 1. The lowest BCUT2D eigenvalue weighted by Gasteiger charge is -2.19. The normalized spacial score (nSPS) is 24.9. The number of benzene rings is 1. The zero-order chi connectivity index (χ0) is 14.2. The Labute approximate surface area is 110 Å². The molecule has 3 unspecified atom stereocenters. The van der Waals surface area contributed by atoms with E-state index in [9.17, 15) is 19.1 Å². The molecule has 1 aromatic rings. The van der Waals surface area contributed by atoms with Crippen molar-refractivity contribution in [2.75, 3.05) is 6.54 Å². The fraction of sp³-hybridized carbons (Fsp3) is 0.429. The summed E-state index contributed by atoms with van der Waals surface area (Å²) in [4.78, 5) is 24.8. The first-order chi connectivity index (χ1) is 8.93. The number of aliphatic hydroxyl groups is 1. The lowest BCUT2D eigenvalue weighted by molar-refractivity contribution is -0.141. The molecule has 1 saturated heterocycles. The van der Waals surface area contributed by atoms with Crippen LogP contribution >= 0.6 is 0 Å². The van der Waals surface area contributed by atoms with Crippen molar-refractivity contribution in [3.05, 3.63) is 35.6 Å². The van der Waals surface area contributed by atoms with Gasteiger partial charge in [0.1, 0.15) is 5.82 Å². The molecule has 1 aliphatic rings. The fourth-order valence-corrected chi connectivity index (χ4v) is 2.22. The summed E-state index contributed by atoms with van der Waals surface area (Å²) in [5, 5.41) is 9.98. The number of carbonyl (C=O) groups is 2.